The molecular formula is C21H17FN4O. The number of aromatic nitrogens is 1. The fraction of sp³-hybridized carbons (Fsp3) is 0.0952. The van der Waals surface area contributed by atoms with Crippen LogP contribution in [0.2, 0.25) is 0 Å². The van der Waals surface area contributed by atoms with E-state index in [9.17, 15) is 9.18 Å². The molecule has 2 aromatic rings. The van der Waals surface area contributed by atoms with Crippen molar-refractivity contribution < 1.29 is 9.18 Å². The van der Waals surface area contributed by atoms with Crippen LogP contribution in [0.5, 0.6) is 0 Å². The van der Waals surface area contributed by atoms with Crippen molar-refractivity contribution in [3.63, 3.8) is 0 Å². The number of carbonyl (C=O) groups is 1. The summed E-state index contributed by atoms with van der Waals surface area (Å²) in [6, 6.07) is 7.89. The van der Waals surface area contributed by atoms with Crippen molar-refractivity contribution >= 4 is 17.6 Å². The van der Waals surface area contributed by atoms with Gasteiger partial charge in [0, 0.05) is 31.4 Å². The van der Waals surface area contributed by atoms with Gasteiger partial charge in [0.25, 0.3) is 0 Å². The zero-order valence-electron chi connectivity index (χ0n) is 14.9. The van der Waals surface area contributed by atoms with Gasteiger partial charge in [-0.3, -0.25) is 4.79 Å². The first-order valence-electron chi connectivity index (χ1n) is 8.21. The molecular weight excluding hydrogens is 343 g/mol. The average Bonchev–Trinajstić information content (AvgIpc) is 3.00. The predicted molar refractivity (Wildman–Crippen MR) is 103 cm³/mol. The number of benzene rings is 1. The minimum Gasteiger partial charge on any atom is -0.393 e. The molecule has 0 atom stereocenters. The largest absolute Gasteiger partial charge is 0.393 e. The summed E-state index contributed by atoms with van der Waals surface area (Å²) >= 11 is 0. The van der Waals surface area contributed by atoms with Gasteiger partial charge >= 0.3 is 0 Å². The summed E-state index contributed by atoms with van der Waals surface area (Å²) in [5.41, 5.74) is 4.24. The van der Waals surface area contributed by atoms with Gasteiger partial charge in [0.05, 0.1) is 22.7 Å². The van der Waals surface area contributed by atoms with E-state index < -0.39 is 5.82 Å². The molecule has 0 bridgehead atoms. The molecule has 6 heteroatoms. The molecule has 0 amide bonds. The lowest BCUT2D eigenvalue weighted by atomic mass is 9.94. The molecule has 1 aromatic heterocycles. The molecule has 3 rings (SSSR count). The van der Waals surface area contributed by atoms with Crippen molar-refractivity contribution in [1.29, 1.82) is 10.7 Å². The van der Waals surface area contributed by atoms with Crippen LogP contribution in [-0.4, -0.2) is 23.6 Å². The molecule has 0 radical (unpaired) electrons. The van der Waals surface area contributed by atoms with E-state index in [1.807, 2.05) is 12.1 Å². The highest BCUT2D eigenvalue weighted by Gasteiger charge is 2.20. The molecule has 0 saturated heterocycles. The van der Waals surface area contributed by atoms with Crippen molar-refractivity contribution in [2.24, 2.45) is 7.05 Å². The molecule has 0 unspecified atom stereocenters. The van der Waals surface area contributed by atoms with Gasteiger partial charge in [-0.25, -0.2) is 4.39 Å². The van der Waals surface area contributed by atoms with Crippen LogP contribution in [0.4, 0.5) is 4.39 Å². The molecule has 0 saturated carbocycles. The Morgan fingerprint density at radius 3 is 2.70 bits per heavy atom. The lowest BCUT2D eigenvalue weighted by Gasteiger charge is -2.15. The number of aldehydes is 1. The lowest BCUT2D eigenvalue weighted by molar-refractivity contribution is 0.111. The van der Waals surface area contributed by atoms with Gasteiger partial charge in [-0.15, -0.1) is 0 Å². The molecule has 0 aliphatic heterocycles. The Hall–Kier alpha value is -3.72. The Kier molecular flexibility index (Phi) is 4.86. The van der Waals surface area contributed by atoms with E-state index in [4.69, 9.17) is 10.7 Å². The first kappa shape index (κ1) is 18.1. The van der Waals surface area contributed by atoms with Crippen molar-refractivity contribution in [2.75, 3.05) is 7.05 Å². The van der Waals surface area contributed by atoms with Crippen LogP contribution >= 0.6 is 0 Å². The Bertz CT molecular complexity index is 1080. The maximum Gasteiger partial charge on any atom is 0.166 e. The fourth-order valence-electron chi connectivity index (χ4n) is 3.06. The zero-order chi connectivity index (χ0) is 19.6. The Labute approximate surface area is 156 Å². The number of hydrogen-bond donors (Lipinski definition) is 2. The van der Waals surface area contributed by atoms with Gasteiger partial charge in [-0.1, -0.05) is 12.1 Å². The number of nitriles is 1. The Balaban J connectivity index is 2.23. The normalized spacial score (nSPS) is 14.8. The van der Waals surface area contributed by atoms with Crippen molar-refractivity contribution in [3.05, 3.63) is 77.0 Å². The van der Waals surface area contributed by atoms with Gasteiger partial charge in [-0.2, -0.15) is 5.26 Å². The van der Waals surface area contributed by atoms with Crippen LogP contribution in [0.25, 0.3) is 16.7 Å². The number of nitrogens with zero attached hydrogens (tertiary/aromatic N) is 2. The van der Waals surface area contributed by atoms with Crippen molar-refractivity contribution in [1.82, 2.24) is 9.88 Å². The summed E-state index contributed by atoms with van der Waals surface area (Å²) in [7, 11) is 3.52. The van der Waals surface area contributed by atoms with E-state index in [1.165, 1.54) is 12.1 Å². The third-order valence-corrected chi connectivity index (χ3v) is 4.42. The number of allylic oxidation sites excluding steroid dienone is 5. The Morgan fingerprint density at radius 2 is 2.07 bits per heavy atom. The van der Waals surface area contributed by atoms with E-state index in [0.29, 0.717) is 28.1 Å². The first-order chi connectivity index (χ1) is 13.0. The SMILES string of the molecule is CN/C=C1/C=C(c2c(-c3ccc(C#N)c(F)c3)cc(C=O)n2C)C=CC1=N. The number of hydrogen-bond acceptors (Lipinski definition) is 4. The molecule has 1 aliphatic rings. The van der Waals surface area contributed by atoms with E-state index in [0.717, 1.165) is 17.6 Å². The van der Waals surface area contributed by atoms with E-state index in [2.05, 4.69) is 5.32 Å². The second-order valence-electron chi connectivity index (χ2n) is 6.05. The molecule has 2 N–H and O–H groups in total. The summed E-state index contributed by atoms with van der Waals surface area (Å²) in [5.74, 6) is -0.608. The second kappa shape index (κ2) is 7.26. The van der Waals surface area contributed by atoms with Gasteiger partial charge < -0.3 is 15.3 Å². The topological polar surface area (TPSA) is 81.7 Å². The summed E-state index contributed by atoms with van der Waals surface area (Å²) in [4.78, 5) is 11.5. The molecule has 1 aromatic carbocycles. The molecule has 0 spiro atoms. The second-order valence-corrected chi connectivity index (χ2v) is 6.05. The van der Waals surface area contributed by atoms with Crippen LogP contribution in [-0.2, 0) is 7.05 Å². The quantitative estimate of drug-likeness (QED) is 0.818. The molecule has 134 valence electrons. The van der Waals surface area contributed by atoms with E-state index in [-0.39, 0.29) is 5.56 Å². The van der Waals surface area contributed by atoms with E-state index >= 15 is 0 Å². The lowest BCUT2D eigenvalue weighted by Crippen LogP contribution is -2.08. The third-order valence-electron chi connectivity index (χ3n) is 4.42. The number of halogens is 1. The maximum absolute atomic E-state index is 14.1. The molecule has 1 aliphatic carbocycles. The monoisotopic (exact) mass is 360 g/mol. The Morgan fingerprint density at radius 1 is 1.30 bits per heavy atom. The first-order valence-corrected chi connectivity index (χ1v) is 8.21. The van der Waals surface area contributed by atoms with Crippen molar-refractivity contribution in [2.45, 2.75) is 0 Å². The van der Waals surface area contributed by atoms with Crippen molar-refractivity contribution in [3.8, 4) is 17.2 Å². The summed E-state index contributed by atoms with van der Waals surface area (Å²) in [6.07, 6.45) is 7.77. The smallest absolute Gasteiger partial charge is 0.166 e. The average molecular weight is 360 g/mol. The minimum absolute atomic E-state index is 0.0312. The highest BCUT2D eigenvalue weighted by atomic mass is 19.1. The van der Waals surface area contributed by atoms with E-state index in [1.54, 1.807) is 49.1 Å². The van der Waals surface area contributed by atoms with Gasteiger partial charge in [0.1, 0.15) is 11.9 Å². The van der Waals surface area contributed by atoms with Crippen LogP contribution in [0, 0.1) is 22.6 Å². The summed E-state index contributed by atoms with van der Waals surface area (Å²) < 4.78 is 15.9. The third kappa shape index (κ3) is 3.23. The summed E-state index contributed by atoms with van der Waals surface area (Å²) in [6.45, 7) is 0. The summed E-state index contributed by atoms with van der Waals surface area (Å²) in [5, 5.41) is 19.9. The molecule has 1 heterocycles. The van der Waals surface area contributed by atoms with Crippen LogP contribution in [0.3, 0.4) is 0 Å². The van der Waals surface area contributed by atoms with Gasteiger partial charge in [-0.05, 0) is 41.5 Å². The maximum atomic E-state index is 14.1. The van der Waals surface area contributed by atoms with Crippen LogP contribution < -0.4 is 5.32 Å². The minimum atomic E-state index is -0.608. The number of rotatable bonds is 4. The van der Waals surface area contributed by atoms with Gasteiger partial charge in [0.15, 0.2) is 6.29 Å². The zero-order valence-corrected chi connectivity index (χ0v) is 14.9. The van der Waals surface area contributed by atoms with Crippen LogP contribution in [0.15, 0.2) is 54.3 Å². The fourth-order valence-corrected chi connectivity index (χ4v) is 3.06. The van der Waals surface area contributed by atoms with Gasteiger partial charge in [0.2, 0.25) is 0 Å². The van der Waals surface area contributed by atoms with Crippen LogP contribution in [0.1, 0.15) is 21.7 Å². The standard InChI is InChI=1S/C21H17FN4O/c1-25-11-16-7-14(5-6-20(16)24)21-18(9-17(12-27)26(21)2)13-3-4-15(10-23)19(22)8-13/h3-9,11-12,24-25H,1-2H3/b16-11-,24-20?. The number of nitrogens with one attached hydrogen (secondary N) is 2. The highest BCUT2D eigenvalue weighted by molar-refractivity contribution is 6.13. The molecule has 27 heavy (non-hydrogen) atoms. The number of carbonyl (C=O) groups excluding carboxylic acids is 1. The predicted octanol–water partition coefficient (Wildman–Crippen LogP) is 3.59. The molecule has 5 nitrogen and oxygen atoms in total. The molecule has 0 fully saturated rings. The highest BCUT2D eigenvalue weighted by Crippen LogP contribution is 2.34.